The molecule has 0 aliphatic heterocycles. The second-order valence-corrected chi connectivity index (χ2v) is 7.44. The SMILES string of the molecule is CC(C)(O)C(C)(C)O[B]c1cccc2c1oc1cc3ccoc3cc12. The van der Waals surface area contributed by atoms with E-state index in [1.54, 1.807) is 27.6 Å². The molecule has 0 atom stereocenters. The molecule has 0 fully saturated rings. The number of furan rings is 2. The second-order valence-electron chi connectivity index (χ2n) is 7.44. The molecule has 0 saturated carbocycles. The minimum absolute atomic E-state index is 0.735. The third-order valence-electron chi connectivity index (χ3n) is 5.06. The van der Waals surface area contributed by atoms with Crippen LogP contribution in [0.1, 0.15) is 27.7 Å². The van der Waals surface area contributed by atoms with Gasteiger partial charge in [0.25, 0.3) is 0 Å². The summed E-state index contributed by atoms with van der Waals surface area (Å²) in [7, 11) is 1.66. The maximum Gasteiger partial charge on any atom is 0.334 e. The summed E-state index contributed by atoms with van der Waals surface area (Å²) in [4.78, 5) is 0. The van der Waals surface area contributed by atoms with E-state index < -0.39 is 11.2 Å². The van der Waals surface area contributed by atoms with Gasteiger partial charge in [0.2, 0.25) is 0 Å². The Bertz CT molecular complexity index is 1070. The van der Waals surface area contributed by atoms with Gasteiger partial charge in [-0.1, -0.05) is 18.2 Å². The summed E-state index contributed by atoms with van der Waals surface area (Å²) in [5, 5.41) is 13.3. The van der Waals surface area contributed by atoms with E-state index in [9.17, 15) is 5.11 Å². The molecule has 0 amide bonds. The summed E-state index contributed by atoms with van der Waals surface area (Å²) in [6.07, 6.45) is 1.68. The van der Waals surface area contributed by atoms with E-state index in [-0.39, 0.29) is 0 Å². The van der Waals surface area contributed by atoms with Gasteiger partial charge in [-0.05, 0) is 51.4 Å². The van der Waals surface area contributed by atoms with Crippen molar-refractivity contribution >= 4 is 45.9 Å². The summed E-state index contributed by atoms with van der Waals surface area (Å²) >= 11 is 0. The molecule has 0 aliphatic carbocycles. The fourth-order valence-electron chi connectivity index (χ4n) is 2.72. The monoisotopic (exact) mass is 335 g/mol. The molecule has 2 heterocycles. The van der Waals surface area contributed by atoms with E-state index >= 15 is 0 Å². The molecular formula is C20H20BO4. The van der Waals surface area contributed by atoms with E-state index in [0.717, 1.165) is 38.4 Å². The number of para-hydroxylation sites is 1. The highest BCUT2D eigenvalue weighted by Crippen LogP contribution is 2.32. The molecular weight excluding hydrogens is 315 g/mol. The quantitative estimate of drug-likeness (QED) is 0.570. The Kier molecular flexibility index (Phi) is 3.50. The molecule has 2 aromatic carbocycles. The molecule has 1 N–H and O–H groups in total. The van der Waals surface area contributed by atoms with Crippen molar-refractivity contribution in [1.29, 1.82) is 0 Å². The number of hydrogen-bond donors (Lipinski definition) is 1. The highest BCUT2D eigenvalue weighted by Gasteiger charge is 2.36. The predicted molar refractivity (Wildman–Crippen MR) is 100 cm³/mol. The van der Waals surface area contributed by atoms with Crippen LogP contribution in [0.15, 0.2) is 51.5 Å². The number of fused-ring (bicyclic) bond motifs is 4. The standard InChI is InChI=1S/C20H20BO4/c1-19(2,22)20(3,4)25-21-15-7-5-6-13-14-11-16-12(8-9-23-16)10-17(14)24-18(13)15/h5-11,22H,1-4H3. The summed E-state index contributed by atoms with van der Waals surface area (Å²) in [5.74, 6) is 0. The largest absolute Gasteiger partial charge is 0.464 e. The summed E-state index contributed by atoms with van der Waals surface area (Å²) < 4.78 is 17.5. The lowest BCUT2D eigenvalue weighted by Crippen LogP contribution is -2.49. The molecule has 0 spiro atoms. The van der Waals surface area contributed by atoms with Crippen molar-refractivity contribution < 1.29 is 18.6 Å². The fraction of sp³-hybridized carbons (Fsp3) is 0.300. The van der Waals surface area contributed by atoms with Crippen LogP contribution < -0.4 is 5.46 Å². The Hall–Kier alpha value is -2.24. The first-order valence-corrected chi connectivity index (χ1v) is 8.32. The zero-order chi connectivity index (χ0) is 17.8. The Balaban J connectivity index is 1.78. The smallest absolute Gasteiger partial charge is 0.334 e. The lowest BCUT2D eigenvalue weighted by atomic mass is 9.82. The average Bonchev–Trinajstić information content (AvgIpc) is 3.13. The van der Waals surface area contributed by atoms with Crippen molar-refractivity contribution in [2.24, 2.45) is 0 Å². The molecule has 4 nitrogen and oxygen atoms in total. The van der Waals surface area contributed by atoms with E-state index in [2.05, 4.69) is 0 Å². The van der Waals surface area contributed by atoms with Crippen molar-refractivity contribution in [3.63, 3.8) is 0 Å². The molecule has 4 rings (SSSR count). The summed E-state index contributed by atoms with van der Waals surface area (Å²) in [6.45, 7) is 7.18. The Morgan fingerprint density at radius 1 is 1.00 bits per heavy atom. The van der Waals surface area contributed by atoms with E-state index in [0.29, 0.717) is 0 Å². The maximum atomic E-state index is 10.3. The van der Waals surface area contributed by atoms with Crippen LogP contribution in [0.4, 0.5) is 0 Å². The molecule has 25 heavy (non-hydrogen) atoms. The lowest BCUT2D eigenvalue weighted by Gasteiger charge is -2.37. The molecule has 0 saturated heterocycles. The van der Waals surface area contributed by atoms with Crippen LogP contribution in [0.5, 0.6) is 0 Å². The minimum Gasteiger partial charge on any atom is -0.464 e. The van der Waals surface area contributed by atoms with Crippen LogP contribution in [0.3, 0.4) is 0 Å². The normalized spacial score (nSPS) is 13.2. The van der Waals surface area contributed by atoms with Gasteiger partial charge in [0.15, 0.2) is 0 Å². The van der Waals surface area contributed by atoms with Gasteiger partial charge in [0.1, 0.15) is 16.7 Å². The van der Waals surface area contributed by atoms with Crippen molar-refractivity contribution in [3.05, 3.63) is 42.7 Å². The third kappa shape index (κ3) is 2.64. The van der Waals surface area contributed by atoms with Gasteiger partial charge >= 0.3 is 7.48 Å². The predicted octanol–water partition coefficient (Wildman–Crippen LogP) is 4.14. The van der Waals surface area contributed by atoms with Crippen LogP contribution in [-0.4, -0.2) is 23.8 Å². The Labute approximate surface area is 146 Å². The van der Waals surface area contributed by atoms with Crippen LogP contribution in [-0.2, 0) is 4.65 Å². The Morgan fingerprint density at radius 3 is 2.56 bits per heavy atom. The molecule has 127 valence electrons. The number of rotatable bonds is 4. The van der Waals surface area contributed by atoms with Crippen LogP contribution in [0, 0.1) is 0 Å². The summed E-state index contributed by atoms with van der Waals surface area (Å²) in [5.41, 5.74) is 1.53. The summed E-state index contributed by atoms with van der Waals surface area (Å²) in [6, 6.07) is 11.8. The maximum absolute atomic E-state index is 10.3. The molecule has 0 aliphatic rings. The van der Waals surface area contributed by atoms with Gasteiger partial charge < -0.3 is 18.6 Å². The topological polar surface area (TPSA) is 55.7 Å². The highest BCUT2D eigenvalue weighted by molar-refractivity contribution is 6.51. The second kappa shape index (κ2) is 5.38. The van der Waals surface area contributed by atoms with Gasteiger partial charge in [-0.3, -0.25) is 0 Å². The van der Waals surface area contributed by atoms with Gasteiger partial charge in [0.05, 0.1) is 17.5 Å². The minimum atomic E-state index is -0.976. The van der Waals surface area contributed by atoms with Crippen molar-refractivity contribution in [2.45, 2.75) is 38.9 Å². The van der Waals surface area contributed by atoms with E-state index in [1.807, 2.05) is 50.2 Å². The number of benzene rings is 2. The van der Waals surface area contributed by atoms with Gasteiger partial charge in [-0.15, -0.1) is 0 Å². The molecule has 4 aromatic rings. The first-order chi connectivity index (χ1) is 11.8. The molecule has 0 unspecified atom stereocenters. The van der Waals surface area contributed by atoms with Crippen molar-refractivity contribution in [2.75, 3.05) is 0 Å². The Morgan fingerprint density at radius 2 is 1.80 bits per heavy atom. The molecule has 0 bridgehead atoms. The van der Waals surface area contributed by atoms with E-state index in [4.69, 9.17) is 13.5 Å². The highest BCUT2D eigenvalue weighted by atomic mass is 16.5. The van der Waals surface area contributed by atoms with E-state index in [1.165, 1.54) is 0 Å². The molecule has 5 heteroatoms. The van der Waals surface area contributed by atoms with Gasteiger partial charge in [0, 0.05) is 16.2 Å². The third-order valence-corrected chi connectivity index (χ3v) is 5.06. The number of hydrogen-bond acceptors (Lipinski definition) is 4. The number of aliphatic hydroxyl groups is 1. The van der Waals surface area contributed by atoms with Gasteiger partial charge in [-0.25, -0.2) is 0 Å². The van der Waals surface area contributed by atoms with Crippen LogP contribution in [0.25, 0.3) is 32.9 Å². The van der Waals surface area contributed by atoms with Crippen LogP contribution >= 0.6 is 0 Å². The first-order valence-electron chi connectivity index (χ1n) is 8.32. The average molecular weight is 335 g/mol. The molecule has 2 aromatic heterocycles. The zero-order valence-electron chi connectivity index (χ0n) is 14.8. The van der Waals surface area contributed by atoms with Crippen LogP contribution in [0.2, 0.25) is 0 Å². The zero-order valence-corrected chi connectivity index (χ0v) is 14.8. The van der Waals surface area contributed by atoms with Gasteiger partial charge in [-0.2, -0.15) is 0 Å². The van der Waals surface area contributed by atoms with Crippen molar-refractivity contribution in [1.82, 2.24) is 0 Å². The first kappa shape index (κ1) is 16.2. The molecule has 1 radical (unpaired) electrons. The van der Waals surface area contributed by atoms with Crippen molar-refractivity contribution in [3.8, 4) is 0 Å². The fourth-order valence-corrected chi connectivity index (χ4v) is 2.72. The lowest BCUT2D eigenvalue weighted by molar-refractivity contribution is -0.0893.